The van der Waals surface area contributed by atoms with Crippen molar-refractivity contribution in [1.29, 1.82) is 0 Å². The van der Waals surface area contributed by atoms with Crippen LogP contribution in [0.25, 0.3) is 10.8 Å². The number of rotatable bonds is 7. The minimum atomic E-state index is -0.628. The van der Waals surface area contributed by atoms with E-state index in [1.54, 1.807) is 13.0 Å². The van der Waals surface area contributed by atoms with Crippen LogP contribution in [0.15, 0.2) is 42.5 Å². The third-order valence-corrected chi connectivity index (χ3v) is 4.51. The van der Waals surface area contributed by atoms with E-state index in [-0.39, 0.29) is 18.7 Å². The Kier molecular flexibility index (Phi) is 6.28. The Balaban J connectivity index is 1.42. The van der Waals surface area contributed by atoms with Crippen LogP contribution in [0, 0.1) is 6.92 Å². The molecule has 3 rings (SSSR count). The molecular formula is C19H18N4O4S. The first-order valence-electron chi connectivity index (χ1n) is 8.54. The van der Waals surface area contributed by atoms with Crippen molar-refractivity contribution in [3.05, 3.63) is 47.5 Å². The average molecular weight is 398 g/mol. The van der Waals surface area contributed by atoms with Crippen molar-refractivity contribution < 1.29 is 19.1 Å². The zero-order chi connectivity index (χ0) is 19.9. The van der Waals surface area contributed by atoms with E-state index in [2.05, 4.69) is 20.8 Å². The minimum Gasteiger partial charge on any atom is -0.456 e. The molecular weight excluding hydrogens is 380 g/mol. The Hall–Kier alpha value is -3.33. The quantitative estimate of drug-likeness (QED) is 0.592. The maximum Gasteiger partial charge on any atom is 0.306 e. The first-order valence-corrected chi connectivity index (χ1v) is 9.36. The lowest BCUT2D eigenvalue weighted by Crippen LogP contribution is -2.22. The lowest BCUT2D eigenvalue weighted by molar-refractivity contribution is -0.147. The molecule has 0 unspecified atom stereocenters. The normalized spacial score (nSPS) is 10.5. The SMILES string of the molecule is Cc1nnc(NC(=O)CCC(=O)OCC(=O)Nc2cccc3ccccc23)s1. The smallest absolute Gasteiger partial charge is 0.306 e. The molecule has 2 amide bonds. The number of fused-ring (bicyclic) bond motifs is 1. The third-order valence-electron chi connectivity index (χ3n) is 3.76. The number of carbonyl (C=O) groups excluding carboxylic acids is 3. The second-order valence-corrected chi connectivity index (χ2v) is 7.09. The molecule has 0 aliphatic rings. The number of ether oxygens (including phenoxy) is 1. The number of hydrogen-bond donors (Lipinski definition) is 2. The Bertz CT molecular complexity index is 1010. The second kappa shape index (κ2) is 9.05. The number of carbonyl (C=O) groups is 3. The van der Waals surface area contributed by atoms with Gasteiger partial charge in [-0.2, -0.15) is 0 Å². The van der Waals surface area contributed by atoms with Crippen LogP contribution in [0.3, 0.4) is 0 Å². The molecule has 1 heterocycles. The van der Waals surface area contributed by atoms with Crippen LogP contribution in [0.1, 0.15) is 17.8 Å². The highest BCUT2D eigenvalue weighted by Gasteiger charge is 2.12. The van der Waals surface area contributed by atoms with Crippen LogP contribution in [-0.2, 0) is 19.1 Å². The zero-order valence-electron chi connectivity index (χ0n) is 15.1. The van der Waals surface area contributed by atoms with Crippen LogP contribution < -0.4 is 10.6 Å². The maximum atomic E-state index is 12.1. The molecule has 2 N–H and O–H groups in total. The highest BCUT2D eigenvalue weighted by atomic mass is 32.1. The van der Waals surface area contributed by atoms with E-state index in [0.717, 1.165) is 15.8 Å². The topological polar surface area (TPSA) is 110 Å². The highest BCUT2D eigenvalue weighted by Crippen LogP contribution is 2.22. The Morgan fingerprint density at radius 1 is 0.964 bits per heavy atom. The summed E-state index contributed by atoms with van der Waals surface area (Å²) in [5.74, 6) is -1.44. The van der Waals surface area contributed by atoms with Gasteiger partial charge in [0.05, 0.1) is 6.42 Å². The van der Waals surface area contributed by atoms with Gasteiger partial charge in [0.1, 0.15) is 5.01 Å². The molecule has 0 aliphatic heterocycles. The molecule has 1 aromatic heterocycles. The molecule has 28 heavy (non-hydrogen) atoms. The summed E-state index contributed by atoms with van der Waals surface area (Å²) < 4.78 is 4.94. The van der Waals surface area contributed by atoms with Gasteiger partial charge in [-0.15, -0.1) is 10.2 Å². The van der Waals surface area contributed by atoms with E-state index in [1.165, 1.54) is 11.3 Å². The molecule has 0 saturated carbocycles. The lowest BCUT2D eigenvalue weighted by atomic mass is 10.1. The molecule has 0 bridgehead atoms. The number of hydrogen-bond acceptors (Lipinski definition) is 7. The molecule has 9 heteroatoms. The molecule has 8 nitrogen and oxygen atoms in total. The fraction of sp³-hybridized carbons (Fsp3) is 0.211. The number of aryl methyl sites for hydroxylation is 1. The largest absolute Gasteiger partial charge is 0.456 e. The van der Waals surface area contributed by atoms with Crippen molar-refractivity contribution in [2.45, 2.75) is 19.8 Å². The van der Waals surface area contributed by atoms with E-state index in [1.807, 2.05) is 36.4 Å². The van der Waals surface area contributed by atoms with Crippen molar-refractivity contribution >= 4 is 50.7 Å². The van der Waals surface area contributed by atoms with Crippen LogP contribution >= 0.6 is 11.3 Å². The number of esters is 1. The van der Waals surface area contributed by atoms with Gasteiger partial charge in [-0.25, -0.2) is 0 Å². The van der Waals surface area contributed by atoms with Crippen LogP contribution in [0.4, 0.5) is 10.8 Å². The number of amides is 2. The monoisotopic (exact) mass is 398 g/mol. The summed E-state index contributed by atoms with van der Waals surface area (Å²) in [6, 6.07) is 13.2. The summed E-state index contributed by atoms with van der Waals surface area (Å²) in [7, 11) is 0. The van der Waals surface area contributed by atoms with E-state index in [4.69, 9.17) is 4.74 Å². The van der Waals surface area contributed by atoms with Gasteiger partial charge in [-0.1, -0.05) is 47.7 Å². The van der Waals surface area contributed by atoms with E-state index in [0.29, 0.717) is 10.8 Å². The minimum absolute atomic E-state index is 0.0671. The van der Waals surface area contributed by atoms with Gasteiger partial charge in [0.15, 0.2) is 6.61 Å². The second-order valence-electron chi connectivity index (χ2n) is 5.91. The highest BCUT2D eigenvalue weighted by molar-refractivity contribution is 7.15. The van der Waals surface area contributed by atoms with Crippen LogP contribution in [0.2, 0.25) is 0 Å². The van der Waals surface area contributed by atoms with Gasteiger partial charge in [0, 0.05) is 17.5 Å². The summed E-state index contributed by atoms with van der Waals surface area (Å²) >= 11 is 1.24. The van der Waals surface area contributed by atoms with Gasteiger partial charge in [0.2, 0.25) is 11.0 Å². The van der Waals surface area contributed by atoms with E-state index >= 15 is 0 Å². The zero-order valence-corrected chi connectivity index (χ0v) is 15.9. The van der Waals surface area contributed by atoms with Crippen molar-refractivity contribution in [2.75, 3.05) is 17.2 Å². The first-order chi connectivity index (χ1) is 13.5. The molecule has 0 radical (unpaired) electrons. The third kappa shape index (κ3) is 5.34. The number of anilines is 2. The van der Waals surface area contributed by atoms with Gasteiger partial charge < -0.3 is 15.4 Å². The van der Waals surface area contributed by atoms with Crippen molar-refractivity contribution in [1.82, 2.24) is 10.2 Å². The summed E-state index contributed by atoms with van der Waals surface area (Å²) in [6.07, 6.45) is -0.201. The Morgan fingerprint density at radius 2 is 1.75 bits per heavy atom. The summed E-state index contributed by atoms with van der Waals surface area (Å²) in [5.41, 5.74) is 0.644. The molecule has 2 aromatic carbocycles. The molecule has 144 valence electrons. The summed E-state index contributed by atoms with van der Waals surface area (Å²) in [4.78, 5) is 35.6. The van der Waals surface area contributed by atoms with Crippen LogP contribution in [-0.4, -0.2) is 34.6 Å². The van der Waals surface area contributed by atoms with Crippen LogP contribution in [0.5, 0.6) is 0 Å². The predicted molar refractivity (Wildman–Crippen MR) is 106 cm³/mol. The van der Waals surface area contributed by atoms with Gasteiger partial charge >= 0.3 is 5.97 Å². The Labute approximate surface area is 164 Å². The number of aromatic nitrogens is 2. The summed E-state index contributed by atoms with van der Waals surface area (Å²) in [5, 5.41) is 15.8. The lowest BCUT2D eigenvalue weighted by Gasteiger charge is -2.09. The average Bonchev–Trinajstić information content (AvgIpc) is 3.09. The fourth-order valence-corrected chi connectivity index (χ4v) is 3.09. The maximum absolute atomic E-state index is 12.1. The summed E-state index contributed by atoms with van der Waals surface area (Å²) in [6.45, 7) is 1.35. The van der Waals surface area contributed by atoms with Crippen molar-refractivity contribution in [3.8, 4) is 0 Å². The van der Waals surface area contributed by atoms with Crippen molar-refractivity contribution in [3.63, 3.8) is 0 Å². The first kappa shape index (κ1) is 19.4. The molecule has 3 aromatic rings. The molecule has 0 spiro atoms. The van der Waals surface area contributed by atoms with E-state index in [9.17, 15) is 14.4 Å². The number of nitrogens with one attached hydrogen (secondary N) is 2. The van der Waals surface area contributed by atoms with Crippen molar-refractivity contribution in [2.24, 2.45) is 0 Å². The fourth-order valence-electron chi connectivity index (χ4n) is 2.48. The number of benzene rings is 2. The van der Waals surface area contributed by atoms with Gasteiger partial charge in [0.25, 0.3) is 5.91 Å². The molecule has 0 atom stereocenters. The molecule has 0 fully saturated rings. The van der Waals surface area contributed by atoms with Gasteiger partial charge in [-0.05, 0) is 18.4 Å². The molecule has 0 aliphatic carbocycles. The van der Waals surface area contributed by atoms with E-state index < -0.39 is 18.5 Å². The Morgan fingerprint density at radius 3 is 2.54 bits per heavy atom. The molecule has 0 saturated heterocycles. The van der Waals surface area contributed by atoms with Gasteiger partial charge in [-0.3, -0.25) is 14.4 Å². The number of nitrogens with zero attached hydrogens (tertiary/aromatic N) is 2. The standard InChI is InChI=1S/C19H18N4O4S/c1-12-22-23-19(28-12)21-16(24)9-10-18(26)27-11-17(25)20-15-8-4-6-13-5-2-3-7-14(13)15/h2-8H,9-11H2,1H3,(H,20,25)(H,21,23,24). The predicted octanol–water partition coefficient (Wildman–Crippen LogP) is 2.90.